The number of benzene rings is 1. The summed E-state index contributed by atoms with van der Waals surface area (Å²) in [6.07, 6.45) is 3.55. The minimum atomic E-state index is 0.126. The molecule has 7 nitrogen and oxygen atoms in total. The highest BCUT2D eigenvalue weighted by Crippen LogP contribution is 2.34. The molecule has 0 spiro atoms. The van der Waals surface area contributed by atoms with E-state index in [9.17, 15) is 10.1 Å². The fourth-order valence-electron chi connectivity index (χ4n) is 4.40. The SMILES string of the molecule is CNC(=O)C1CN(CC2=C(C)c3ccc(OCc4cc(C#N)c(OC)cn4)cc3CC2)C1. The molecule has 7 heteroatoms. The summed E-state index contributed by atoms with van der Waals surface area (Å²) < 4.78 is 11.1. The number of aromatic nitrogens is 1. The second-order valence-corrected chi connectivity index (χ2v) is 8.33. The number of nitriles is 1. The van der Waals surface area contributed by atoms with Gasteiger partial charge in [-0.25, -0.2) is 0 Å². The second-order valence-electron chi connectivity index (χ2n) is 8.33. The summed E-state index contributed by atoms with van der Waals surface area (Å²) in [5.74, 6) is 1.53. The third-order valence-electron chi connectivity index (χ3n) is 6.35. The molecule has 0 saturated carbocycles. The monoisotopic (exact) mass is 432 g/mol. The zero-order valence-corrected chi connectivity index (χ0v) is 18.8. The number of hydrogen-bond acceptors (Lipinski definition) is 6. The van der Waals surface area contributed by atoms with E-state index in [-0.39, 0.29) is 11.8 Å². The zero-order chi connectivity index (χ0) is 22.7. The van der Waals surface area contributed by atoms with Gasteiger partial charge in [-0.2, -0.15) is 5.26 Å². The van der Waals surface area contributed by atoms with E-state index < -0.39 is 0 Å². The van der Waals surface area contributed by atoms with Gasteiger partial charge in [0.2, 0.25) is 5.91 Å². The van der Waals surface area contributed by atoms with Crippen molar-refractivity contribution in [2.45, 2.75) is 26.4 Å². The highest BCUT2D eigenvalue weighted by molar-refractivity contribution is 5.79. The van der Waals surface area contributed by atoms with Gasteiger partial charge in [0, 0.05) is 26.7 Å². The van der Waals surface area contributed by atoms with Gasteiger partial charge in [-0.1, -0.05) is 11.6 Å². The maximum Gasteiger partial charge on any atom is 0.225 e. The summed E-state index contributed by atoms with van der Waals surface area (Å²) >= 11 is 0. The molecule has 2 heterocycles. The van der Waals surface area contributed by atoms with Crippen LogP contribution in [0.1, 0.15) is 35.7 Å². The van der Waals surface area contributed by atoms with Gasteiger partial charge in [-0.05, 0) is 54.7 Å². The molecule has 4 rings (SSSR count). The standard InChI is InChI=1S/C25H28N4O3/c1-16-18(12-29-13-20(14-29)25(30)27-2)5-4-17-9-22(6-7-23(16)17)32-15-21-8-19(10-26)24(31-3)11-28-21/h6-9,11,20H,4-5,12-15H2,1-3H3,(H,27,30). The van der Waals surface area contributed by atoms with Gasteiger partial charge in [0.05, 0.1) is 30.5 Å². The molecule has 1 aliphatic heterocycles. The molecule has 1 N–H and O–H groups in total. The average molecular weight is 433 g/mol. The average Bonchev–Trinajstić information content (AvgIpc) is 2.80. The number of carbonyl (C=O) groups is 1. The fraction of sp³-hybridized carbons (Fsp3) is 0.400. The van der Waals surface area contributed by atoms with E-state index in [1.54, 1.807) is 19.3 Å². The van der Waals surface area contributed by atoms with Crippen LogP contribution in [-0.4, -0.2) is 49.6 Å². The van der Waals surface area contributed by atoms with Gasteiger partial charge >= 0.3 is 0 Å². The van der Waals surface area contributed by atoms with Crippen LogP contribution >= 0.6 is 0 Å². The van der Waals surface area contributed by atoms with Crippen molar-refractivity contribution in [3.8, 4) is 17.6 Å². The summed E-state index contributed by atoms with van der Waals surface area (Å²) in [6, 6.07) is 10.0. The van der Waals surface area contributed by atoms with Gasteiger partial charge in [-0.3, -0.25) is 14.7 Å². The maximum atomic E-state index is 11.7. The highest BCUT2D eigenvalue weighted by atomic mass is 16.5. The number of allylic oxidation sites excluding steroid dienone is 1. The Morgan fingerprint density at radius 1 is 1.31 bits per heavy atom. The molecule has 1 aliphatic carbocycles. The molecule has 1 aromatic carbocycles. The lowest BCUT2D eigenvalue weighted by molar-refractivity contribution is -0.129. The van der Waals surface area contributed by atoms with Crippen molar-refractivity contribution in [2.24, 2.45) is 5.92 Å². The first kappa shape index (κ1) is 21.8. The number of methoxy groups -OCH3 is 1. The van der Waals surface area contributed by atoms with E-state index in [2.05, 4.69) is 40.3 Å². The van der Waals surface area contributed by atoms with Gasteiger partial charge < -0.3 is 14.8 Å². The van der Waals surface area contributed by atoms with E-state index >= 15 is 0 Å². The molecule has 2 aliphatic rings. The molecule has 1 fully saturated rings. The summed E-state index contributed by atoms with van der Waals surface area (Å²) in [4.78, 5) is 18.4. The summed E-state index contributed by atoms with van der Waals surface area (Å²) in [5, 5.41) is 12.0. The lowest BCUT2D eigenvalue weighted by Crippen LogP contribution is -2.53. The smallest absolute Gasteiger partial charge is 0.225 e. The number of carbonyl (C=O) groups excluding carboxylic acids is 1. The lowest BCUT2D eigenvalue weighted by atomic mass is 9.85. The number of ether oxygens (including phenoxy) is 2. The van der Waals surface area contributed by atoms with E-state index in [0.29, 0.717) is 23.6 Å². The summed E-state index contributed by atoms with van der Waals surface area (Å²) in [7, 11) is 3.22. The number of pyridine rings is 1. The van der Waals surface area contributed by atoms with Crippen molar-refractivity contribution in [1.82, 2.24) is 15.2 Å². The first-order valence-electron chi connectivity index (χ1n) is 10.8. The highest BCUT2D eigenvalue weighted by Gasteiger charge is 2.32. The van der Waals surface area contributed by atoms with E-state index in [0.717, 1.165) is 38.2 Å². The van der Waals surface area contributed by atoms with Crippen molar-refractivity contribution in [1.29, 1.82) is 5.26 Å². The molecule has 2 aromatic rings. The predicted octanol–water partition coefficient (Wildman–Crippen LogP) is 2.94. The van der Waals surface area contributed by atoms with Crippen LogP contribution in [0.15, 0.2) is 36.0 Å². The van der Waals surface area contributed by atoms with Crippen LogP contribution in [0.2, 0.25) is 0 Å². The number of rotatable bonds is 7. The third-order valence-corrected chi connectivity index (χ3v) is 6.35. The molecule has 0 bridgehead atoms. The zero-order valence-electron chi connectivity index (χ0n) is 18.8. The van der Waals surface area contributed by atoms with Crippen LogP contribution in [-0.2, 0) is 17.8 Å². The van der Waals surface area contributed by atoms with Crippen molar-refractivity contribution < 1.29 is 14.3 Å². The van der Waals surface area contributed by atoms with Crippen LogP contribution in [0, 0.1) is 17.2 Å². The molecule has 0 radical (unpaired) electrons. The lowest BCUT2D eigenvalue weighted by Gasteiger charge is -2.39. The van der Waals surface area contributed by atoms with Crippen molar-refractivity contribution >= 4 is 11.5 Å². The summed E-state index contributed by atoms with van der Waals surface area (Å²) in [6.45, 7) is 5.08. The number of nitrogens with zero attached hydrogens (tertiary/aromatic N) is 3. The molecular formula is C25H28N4O3. The van der Waals surface area contributed by atoms with Gasteiger partial charge in [-0.15, -0.1) is 0 Å². The molecule has 1 aromatic heterocycles. The number of fused-ring (bicyclic) bond motifs is 1. The normalized spacial score (nSPS) is 16.1. The van der Waals surface area contributed by atoms with Crippen LogP contribution in [0.4, 0.5) is 0 Å². The number of nitrogens with one attached hydrogen (secondary N) is 1. The number of likely N-dealkylation sites (tertiary alicyclic amines) is 1. The van der Waals surface area contributed by atoms with Crippen molar-refractivity contribution in [3.63, 3.8) is 0 Å². The molecule has 32 heavy (non-hydrogen) atoms. The van der Waals surface area contributed by atoms with Crippen molar-refractivity contribution in [2.75, 3.05) is 33.8 Å². The largest absolute Gasteiger partial charge is 0.494 e. The molecule has 1 saturated heterocycles. The third kappa shape index (κ3) is 4.46. The van der Waals surface area contributed by atoms with Gasteiger partial charge in [0.25, 0.3) is 0 Å². The number of hydrogen-bond donors (Lipinski definition) is 1. The minimum Gasteiger partial charge on any atom is -0.494 e. The van der Waals surface area contributed by atoms with Crippen LogP contribution in [0.3, 0.4) is 0 Å². The minimum absolute atomic E-state index is 0.126. The number of aryl methyl sites for hydroxylation is 1. The maximum absolute atomic E-state index is 11.7. The first-order valence-corrected chi connectivity index (χ1v) is 10.8. The van der Waals surface area contributed by atoms with Crippen molar-refractivity contribution in [3.05, 3.63) is 58.4 Å². The quantitative estimate of drug-likeness (QED) is 0.724. The Hall–Kier alpha value is -3.37. The molecule has 1 amide bonds. The summed E-state index contributed by atoms with van der Waals surface area (Å²) in [5.41, 5.74) is 6.48. The van der Waals surface area contributed by atoms with E-state index in [1.165, 1.54) is 29.4 Å². The topological polar surface area (TPSA) is 87.5 Å². The second kappa shape index (κ2) is 9.41. The molecular weight excluding hydrogens is 404 g/mol. The van der Waals surface area contributed by atoms with Gasteiger partial charge in [0.15, 0.2) is 5.75 Å². The van der Waals surface area contributed by atoms with E-state index in [1.807, 2.05) is 6.07 Å². The Labute approximate surface area is 188 Å². The number of amides is 1. The Morgan fingerprint density at radius 3 is 2.84 bits per heavy atom. The molecule has 166 valence electrons. The molecule has 0 atom stereocenters. The predicted molar refractivity (Wildman–Crippen MR) is 121 cm³/mol. The van der Waals surface area contributed by atoms with E-state index in [4.69, 9.17) is 9.47 Å². The first-order chi connectivity index (χ1) is 15.5. The van der Waals surface area contributed by atoms with Gasteiger partial charge in [0.1, 0.15) is 18.4 Å². The van der Waals surface area contributed by atoms with Crippen LogP contribution in [0.25, 0.3) is 5.57 Å². The Bertz CT molecular complexity index is 1100. The van der Waals surface area contributed by atoms with Crippen LogP contribution < -0.4 is 14.8 Å². The Balaban J connectivity index is 1.39. The molecule has 0 unspecified atom stereocenters. The van der Waals surface area contributed by atoms with Crippen LogP contribution in [0.5, 0.6) is 11.5 Å². The Kier molecular flexibility index (Phi) is 6.42. The Morgan fingerprint density at radius 2 is 2.12 bits per heavy atom. The fourth-order valence-corrected chi connectivity index (χ4v) is 4.40.